The Labute approximate surface area is 183 Å². The Morgan fingerprint density at radius 3 is 2.12 bits per heavy atom. The fourth-order valence-corrected chi connectivity index (χ4v) is 2.51. The zero-order valence-corrected chi connectivity index (χ0v) is 17.1. The van der Waals surface area contributed by atoms with Gasteiger partial charge in [-0.3, -0.25) is 19.2 Å². The second kappa shape index (κ2) is 12.9. The zero-order chi connectivity index (χ0) is 24.3. The first-order valence-electron chi connectivity index (χ1n) is 9.56. The SMILES string of the molecule is NC(=O)CCC(N)C(=O)NCC(=O)NC(CO)C(=O)NC(Cc1ccc(O)cc1)C(=O)O. The third kappa shape index (κ3) is 9.40. The highest BCUT2D eigenvalue weighted by molar-refractivity contribution is 5.92. The summed E-state index contributed by atoms with van der Waals surface area (Å²) in [5.74, 6) is -4.48. The number of hydrogen-bond acceptors (Lipinski definition) is 8. The zero-order valence-electron chi connectivity index (χ0n) is 17.1. The number of carbonyl (C=O) groups is 5. The Balaban J connectivity index is 2.59. The van der Waals surface area contributed by atoms with Crippen LogP contribution < -0.4 is 27.4 Å². The fourth-order valence-electron chi connectivity index (χ4n) is 2.51. The number of aliphatic hydroxyl groups excluding tert-OH is 1. The molecule has 1 aromatic rings. The van der Waals surface area contributed by atoms with Gasteiger partial charge in [-0.25, -0.2) is 4.79 Å². The average molecular weight is 453 g/mol. The Morgan fingerprint density at radius 1 is 0.969 bits per heavy atom. The maximum absolute atomic E-state index is 12.3. The van der Waals surface area contributed by atoms with Crippen molar-refractivity contribution < 1.29 is 39.3 Å². The van der Waals surface area contributed by atoms with Gasteiger partial charge in [0.25, 0.3) is 0 Å². The number of aliphatic carboxylic acids is 1. The van der Waals surface area contributed by atoms with Gasteiger partial charge in [0.2, 0.25) is 23.6 Å². The molecule has 0 heterocycles. The maximum Gasteiger partial charge on any atom is 0.326 e. The molecule has 0 fully saturated rings. The summed E-state index contributed by atoms with van der Waals surface area (Å²) in [7, 11) is 0. The van der Waals surface area contributed by atoms with E-state index in [1.807, 2.05) is 0 Å². The minimum Gasteiger partial charge on any atom is -0.508 e. The van der Waals surface area contributed by atoms with E-state index in [1.54, 1.807) is 0 Å². The minimum absolute atomic E-state index is 0.00589. The van der Waals surface area contributed by atoms with Crippen LogP contribution in [0.5, 0.6) is 5.75 Å². The molecule has 176 valence electrons. The number of benzene rings is 1. The molecule has 13 nitrogen and oxygen atoms in total. The lowest BCUT2D eigenvalue weighted by Crippen LogP contribution is -2.55. The molecule has 3 atom stereocenters. The van der Waals surface area contributed by atoms with E-state index in [2.05, 4.69) is 16.0 Å². The Hall–Kier alpha value is -3.71. The minimum atomic E-state index is -1.47. The van der Waals surface area contributed by atoms with Crippen molar-refractivity contribution in [3.8, 4) is 5.75 Å². The van der Waals surface area contributed by atoms with Crippen LogP contribution in [0.25, 0.3) is 0 Å². The molecule has 0 saturated carbocycles. The second-order valence-corrected chi connectivity index (χ2v) is 6.90. The Kier molecular flexibility index (Phi) is 10.6. The second-order valence-electron chi connectivity index (χ2n) is 6.90. The van der Waals surface area contributed by atoms with Crippen molar-refractivity contribution in [3.05, 3.63) is 29.8 Å². The van der Waals surface area contributed by atoms with Gasteiger partial charge in [-0.05, 0) is 24.1 Å². The molecule has 0 saturated heterocycles. The van der Waals surface area contributed by atoms with Crippen molar-refractivity contribution in [1.82, 2.24) is 16.0 Å². The molecule has 0 aliphatic carbocycles. The standard InChI is InChI=1S/C19H27N5O8/c20-12(5-6-15(21)27)17(29)22-8-16(28)23-14(9-25)18(30)24-13(19(31)32)7-10-1-3-11(26)4-2-10/h1-4,12-14,25-26H,5-9,20H2,(H2,21,27)(H,22,29)(H,23,28)(H,24,30)(H,31,32). The van der Waals surface area contributed by atoms with Crippen LogP contribution in [0, 0.1) is 0 Å². The van der Waals surface area contributed by atoms with Crippen molar-refractivity contribution in [2.45, 2.75) is 37.4 Å². The van der Waals surface area contributed by atoms with E-state index in [4.69, 9.17) is 11.5 Å². The number of carbonyl (C=O) groups excluding carboxylic acids is 4. The van der Waals surface area contributed by atoms with Gasteiger partial charge in [0, 0.05) is 12.8 Å². The van der Waals surface area contributed by atoms with Gasteiger partial charge in [-0.2, -0.15) is 0 Å². The van der Waals surface area contributed by atoms with Crippen LogP contribution in [0.3, 0.4) is 0 Å². The monoisotopic (exact) mass is 453 g/mol. The van der Waals surface area contributed by atoms with Crippen LogP contribution in [-0.4, -0.2) is 76.2 Å². The molecule has 3 unspecified atom stereocenters. The van der Waals surface area contributed by atoms with Crippen molar-refractivity contribution in [2.24, 2.45) is 11.5 Å². The van der Waals surface area contributed by atoms with Crippen molar-refractivity contribution in [2.75, 3.05) is 13.2 Å². The number of rotatable bonds is 13. The number of nitrogens with two attached hydrogens (primary N) is 2. The molecule has 1 aromatic carbocycles. The number of phenols is 1. The maximum atomic E-state index is 12.3. The van der Waals surface area contributed by atoms with Crippen LogP contribution in [0.15, 0.2) is 24.3 Å². The summed E-state index contributed by atoms with van der Waals surface area (Å²) < 4.78 is 0. The lowest BCUT2D eigenvalue weighted by atomic mass is 10.1. The molecule has 10 N–H and O–H groups in total. The largest absolute Gasteiger partial charge is 0.508 e. The number of aliphatic hydroxyl groups is 1. The molecule has 0 aromatic heterocycles. The average Bonchev–Trinajstić information content (AvgIpc) is 2.74. The number of primary amides is 1. The topological polar surface area (TPSA) is 234 Å². The van der Waals surface area contributed by atoms with Gasteiger partial charge < -0.3 is 42.7 Å². The first kappa shape index (κ1) is 26.3. The molecule has 0 radical (unpaired) electrons. The van der Waals surface area contributed by atoms with Gasteiger partial charge in [0.15, 0.2) is 0 Å². The molecular formula is C19H27N5O8. The number of carboxylic acid groups (broad SMARTS) is 1. The molecule has 4 amide bonds. The van der Waals surface area contributed by atoms with Crippen LogP contribution in [0.1, 0.15) is 18.4 Å². The number of phenolic OH excluding ortho intramolecular Hbond substituents is 1. The Morgan fingerprint density at radius 2 is 1.59 bits per heavy atom. The summed E-state index contributed by atoms with van der Waals surface area (Å²) in [6.45, 7) is -1.39. The highest BCUT2D eigenvalue weighted by Gasteiger charge is 2.26. The first-order chi connectivity index (χ1) is 15.0. The summed E-state index contributed by atoms with van der Waals surface area (Å²) in [5, 5.41) is 34.6. The molecule has 0 spiro atoms. The normalized spacial score (nSPS) is 13.3. The highest BCUT2D eigenvalue weighted by atomic mass is 16.4. The molecule has 0 aliphatic heterocycles. The lowest BCUT2D eigenvalue weighted by Gasteiger charge is -2.20. The van der Waals surface area contributed by atoms with Gasteiger partial charge in [0.1, 0.15) is 17.8 Å². The summed E-state index contributed by atoms with van der Waals surface area (Å²) in [5.41, 5.74) is 11.0. The highest BCUT2D eigenvalue weighted by Crippen LogP contribution is 2.11. The molecular weight excluding hydrogens is 426 g/mol. The van der Waals surface area contributed by atoms with Crippen LogP contribution in [0.2, 0.25) is 0 Å². The number of aromatic hydroxyl groups is 1. The van der Waals surface area contributed by atoms with Gasteiger partial charge in [-0.1, -0.05) is 12.1 Å². The van der Waals surface area contributed by atoms with Crippen LogP contribution in [0.4, 0.5) is 0 Å². The molecule has 1 rings (SSSR count). The van der Waals surface area contributed by atoms with E-state index in [0.717, 1.165) is 0 Å². The predicted molar refractivity (Wildman–Crippen MR) is 110 cm³/mol. The summed E-state index contributed by atoms with van der Waals surface area (Å²) in [6, 6.07) is 1.80. The van der Waals surface area contributed by atoms with E-state index in [0.29, 0.717) is 5.56 Å². The number of amides is 4. The van der Waals surface area contributed by atoms with E-state index < -0.39 is 60.9 Å². The molecule has 0 bridgehead atoms. The fraction of sp³-hybridized carbons (Fsp3) is 0.421. The van der Waals surface area contributed by atoms with E-state index >= 15 is 0 Å². The van der Waals surface area contributed by atoms with Gasteiger partial charge in [0.05, 0.1) is 19.2 Å². The van der Waals surface area contributed by atoms with E-state index in [1.165, 1.54) is 24.3 Å². The van der Waals surface area contributed by atoms with Crippen LogP contribution >= 0.6 is 0 Å². The third-order valence-electron chi connectivity index (χ3n) is 4.29. The number of carboxylic acids is 1. The van der Waals surface area contributed by atoms with E-state index in [-0.39, 0.29) is 25.0 Å². The first-order valence-corrected chi connectivity index (χ1v) is 9.56. The number of nitrogens with one attached hydrogen (secondary N) is 3. The summed E-state index contributed by atoms with van der Waals surface area (Å²) >= 11 is 0. The van der Waals surface area contributed by atoms with Crippen molar-refractivity contribution >= 4 is 29.6 Å². The van der Waals surface area contributed by atoms with Gasteiger partial charge in [-0.15, -0.1) is 0 Å². The lowest BCUT2D eigenvalue weighted by molar-refractivity contribution is -0.142. The number of hydrogen-bond donors (Lipinski definition) is 8. The van der Waals surface area contributed by atoms with Crippen molar-refractivity contribution in [1.29, 1.82) is 0 Å². The summed E-state index contributed by atoms with van der Waals surface area (Å²) in [6.07, 6.45) is -0.225. The van der Waals surface area contributed by atoms with Crippen LogP contribution in [-0.2, 0) is 30.4 Å². The molecule has 13 heteroatoms. The van der Waals surface area contributed by atoms with E-state index in [9.17, 15) is 39.3 Å². The Bertz CT molecular complexity index is 830. The summed E-state index contributed by atoms with van der Waals surface area (Å²) in [4.78, 5) is 58.3. The predicted octanol–water partition coefficient (Wildman–Crippen LogP) is -3.31. The van der Waals surface area contributed by atoms with Crippen molar-refractivity contribution in [3.63, 3.8) is 0 Å². The van der Waals surface area contributed by atoms with Gasteiger partial charge >= 0.3 is 5.97 Å². The third-order valence-corrected chi connectivity index (χ3v) is 4.29. The molecule has 0 aliphatic rings. The quantitative estimate of drug-likeness (QED) is 0.149. The molecule has 32 heavy (non-hydrogen) atoms. The smallest absolute Gasteiger partial charge is 0.326 e.